The molecule has 1 aromatic heterocycles. The zero-order valence-corrected chi connectivity index (χ0v) is 14.2. The Morgan fingerprint density at radius 3 is 2.50 bits per heavy atom. The Hall–Kier alpha value is -2.37. The number of benzene rings is 1. The molecule has 1 aromatic carbocycles. The summed E-state index contributed by atoms with van der Waals surface area (Å²) in [5.74, 6) is -0.423. The first-order valence-electron chi connectivity index (χ1n) is 8.20. The number of aromatic nitrogens is 2. The fourth-order valence-electron chi connectivity index (χ4n) is 2.40. The third-order valence-corrected chi connectivity index (χ3v) is 3.97. The van der Waals surface area contributed by atoms with Crippen LogP contribution in [0.4, 0.5) is 10.1 Å². The van der Waals surface area contributed by atoms with Crippen molar-refractivity contribution in [1.82, 2.24) is 15.1 Å². The standard InChI is InChI=1S/C18H23FN4O/c1-18(2,3)23-11-15(10-20-23)21-16(17(24)22-14-8-9-14)12-4-6-13(19)7-5-12/h4-7,10-11,14,16,21H,8-9H2,1-3H3,(H,22,24)/t16-/m0/s1. The minimum atomic E-state index is -0.580. The minimum absolute atomic E-state index is 0.104. The second kappa shape index (κ2) is 6.26. The summed E-state index contributed by atoms with van der Waals surface area (Å²) in [4.78, 5) is 12.6. The number of nitrogens with zero attached hydrogens (tertiary/aromatic N) is 2. The molecule has 1 heterocycles. The number of anilines is 1. The van der Waals surface area contributed by atoms with E-state index in [4.69, 9.17) is 0 Å². The predicted molar refractivity (Wildman–Crippen MR) is 91.2 cm³/mol. The van der Waals surface area contributed by atoms with E-state index in [-0.39, 0.29) is 23.3 Å². The number of rotatable bonds is 5. The molecule has 6 heteroatoms. The van der Waals surface area contributed by atoms with Gasteiger partial charge in [-0.25, -0.2) is 4.39 Å². The van der Waals surface area contributed by atoms with Crippen LogP contribution in [0.5, 0.6) is 0 Å². The molecule has 3 rings (SSSR count). The molecule has 1 atom stereocenters. The molecule has 0 radical (unpaired) electrons. The van der Waals surface area contributed by atoms with Crippen molar-refractivity contribution in [2.24, 2.45) is 0 Å². The van der Waals surface area contributed by atoms with E-state index in [9.17, 15) is 9.18 Å². The van der Waals surface area contributed by atoms with Crippen molar-refractivity contribution in [3.05, 3.63) is 48.0 Å². The van der Waals surface area contributed by atoms with Gasteiger partial charge < -0.3 is 10.6 Å². The summed E-state index contributed by atoms with van der Waals surface area (Å²) in [5.41, 5.74) is 1.34. The highest BCUT2D eigenvalue weighted by Crippen LogP contribution is 2.25. The minimum Gasteiger partial charge on any atom is -0.368 e. The molecule has 5 nitrogen and oxygen atoms in total. The SMILES string of the molecule is CC(C)(C)n1cc(N[C@H](C(=O)NC2CC2)c2ccc(F)cc2)cn1. The molecule has 0 aliphatic heterocycles. The lowest BCUT2D eigenvalue weighted by molar-refractivity contribution is -0.122. The van der Waals surface area contributed by atoms with E-state index in [2.05, 4.69) is 36.5 Å². The summed E-state index contributed by atoms with van der Waals surface area (Å²) in [6.45, 7) is 6.17. The predicted octanol–water partition coefficient (Wildman–Crippen LogP) is 3.21. The lowest BCUT2D eigenvalue weighted by Crippen LogP contribution is -2.34. The lowest BCUT2D eigenvalue weighted by Gasteiger charge is -2.20. The van der Waals surface area contributed by atoms with Crippen LogP contribution in [-0.4, -0.2) is 21.7 Å². The van der Waals surface area contributed by atoms with Crippen LogP contribution in [-0.2, 0) is 10.3 Å². The van der Waals surface area contributed by atoms with Crippen molar-refractivity contribution in [2.75, 3.05) is 5.32 Å². The number of hydrogen-bond donors (Lipinski definition) is 2. The molecule has 0 saturated heterocycles. The van der Waals surface area contributed by atoms with Crippen molar-refractivity contribution in [3.63, 3.8) is 0 Å². The molecule has 1 aliphatic carbocycles. The summed E-state index contributed by atoms with van der Waals surface area (Å²) in [6, 6.07) is 5.68. The van der Waals surface area contributed by atoms with Crippen LogP contribution in [0.25, 0.3) is 0 Å². The summed E-state index contributed by atoms with van der Waals surface area (Å²) < 4.78 is 15.0. The Bertz CT molecular complexity index is 713. The number of nitrogens with one attached hydrogen (secondary N) is 2. The second-order valence-electron chi connectivity index (χ2n) is 7.26. The van der Waals surface area contributed by atoms with Gasteiger partial charge in [-0.2, -0.15) is 5.10 Å². The van der Waals surface area contributed by atoms with Crippen LogP contribution >= 0.6 is 0 Å². The van der Waals surface area contributed by atoms with Crippen LogP contribution in [0.15, 0.2) is 36.7 Å². The number of halogens is 1. The lowest BCUT2D eigenvalue weighted by atomic mass is 10.1. The van der Waals surface area contributed by atoms with E-state index in [1.807, 2.05) is 10.9 Å². The number of carbonyl (C=O) groups is 1. The van der Waals surface area contributed by atoms with Gasteiger partial charge >= 0.3 is 0 Å². The first kappa shape index (κ1) is 16.5. The summed E-state index contributed by atoms with van der Waals surface area (Å²) in [6.07, 6.45) is 5.61. The average Bonchev–Trinajstić information content (AvgIpc) is 3.18. The molecular weight excluding hydrogens is 307 g/mol. The van der Waals surface area contributed by atoms with Gasteiger partial charge in [-0.15, -0.1) is 0 Å². The number of amides is 1. The van der Waals surface area contributed by atoms with Crippen LogP contribution in [0.3, 0.4) is 0 Å². The fourth-order valence-corrected chi connectivity index (χ4v) is 2.40. The van der Waals surface area contributed by atoms with Gasteiger partial charge in [0.2, 0.25) is 5.91 Å². The van der Waals surface area contributed by atoms with Crippen molar-refractivity contribution >= 4 is 11.6 Å². The van der Waals surface area contributed by atoms with Gasteiger partial charge in [0.1, 0.15) is 11.9 Å². The van der Waals surface area contributed by atoms with E-state index < -0.39 is 6.04 Å². The molecule has 0 bridgehead atoms. The van der Waals surface area contributed by atoms with E-state index in [1.165, 1.54) is 12.1 Å². The Morgan fingerprint density at radius 2 is 1.96 bits per heavy atom. The molecule has 1 fully saturated rings. The monoisotopic (exact) mass is 330 g/mol. The summed E-state index contributed by atoms with van der Waals surface area (Å²) in [5, 5.41) is 10.6. The average molecular weight is 330 g/mol. The molecule has 1 amide bonds. The van der Waals surface area contributed by atoms with Crippen molar-refractivity contribution in [3.8, 4) is 0 Å². The summed E-state index contributed by atoms with van der Waals surface area (Å²) in [7, 11) is 0. The topological polar surface area (TPSA) is 59.0 Å². The van der Waals surface area contributed by atoms with Gasteiger partial charge in [-0.05, 0) is 51.3 Å². The van der Waals surface area contributed by atoms with E-state index in [0.717, 1.165) is 24.1 Å². The van der Waals surface area contributed by atoms with E-state index >= 15 is 0 Å². The van der Waals surface area contributed by atoms with E-state index in [0.29, 0.717) is 0 Å². The maximum atomic E-state index is 13.2. The van der Waals surface area contributed by atoms with Crippen LogP contribution in [0, 0.1) is 5.82 Å². The molecular formula is C18H23FN4O. The Morgan fingerprint density at radius 1 is 1.29 bits per heavy atom. The van der Waals surface area contributed by atoms with Gasteiger partial charge in [0.25, 0.3) is 0 Å². The quantitative estimate of drug-likeness (QED) is 0.885. The van der Waals surface area contributed by atoms with Crippen LogP contribution in [0.1, 0.15) is 45.2 Å². The van der Waals surface area contributed by atoms with Gasteiger partial charge in [0.15, 0.2) is 0 Å². The largest absolute Gasteiger partial charge is 0.368 e. The normalized spacial score (nSPS) is 15.8. The zero-order chi connectivity index (χ0) is 17.3. The van der Waals surface area contributed by atoms with E-state index in [1.54, 1.807) is 18.3 Å². The van der Waals surface area contributed by atoms with Gasteiger partial charge in [0.05, 0.1) is 17.4 Å². The maximum absolute atomic E-state index is 13.2. The molecule has 24 heavy (non-hydrogen) atoms. The highest BCUT2D eigenvalue weighted by molar-refractivity contribution is 5.86. The second-order valence-corrected chi connectivity index (χ2v) is 7.26. The molecule has 0 unspecified atom stereocenters. The Balaban J connectivity index is 1.82. The highest BCUT2D eigenvalue weighted by Gasteiger charge is 2.29. The van der Waals surface area contributed by atoms with Crippen molar-refractivity contribution in [2.45, 2.75) is 51.2 Å². The first-order valence-corrected chi connectivity index (χ1v) is 8.20. The molecule has 1 aliphatic rings. The Kier molecular flexibility index (Phi) is 4.30. The fraction of sp³-hybridized carbons (Fsp3) is 0.444. The first-order chi connectivity index (χ1) is 11.3. The number of carbonyl (C=O) groups excluding carboxylic acids is 1. The number of hydrogen-bond acceptors (Lipinski definition) is 3. The zero-order valence-electron chi connectivity index (χ0n) is 14.2. The Labute approximate surface area is 141 Å². The molecule has 2 aromatic rings. The van der Waals surface area contributed by atoms with Crippen molar-refractivity contribution in [1.29, 1.82) is 0 Å². The third kappa shape index (κ3) is 3.93. The van der Waals surface area contributed by atoms with Crippen molar-refractivity contribution < 1.29 is 9.18 Å². The molecule has 128 valence electrons. The highest BCUT2D eigenvalue weighted by atomic mass is 19.1. The van der Waals surface area contributed by atoms with Crippen LogP contribution in [0.2, 0.25) is 0 Å². The maximum Gasteiger partial charge on any atom is 0.247 e. The molecule has 0 spiro atoms. The van der Waals surface area contributed by atoms with Gasteiger partial charge in [0, 0.05) is 12.2 Å². The van der Waals surface area contributed by atoms with Gasteiger partial charge in [-0.1, -0.05) is 12.1 Å². The molecule has 2 N–H and O–H groups in total. The third-order valence-electron chi connectivity index (χ3n) is 3.97. The van der Waals surface area contributed by atoms with Gasteiger partial charge in [-0.3, -0.25) is 9.48 Å². The van der Waals surface area contributed by atoms with Crippen LogP contribution < -0.4 is 10.6 Å². The smallest absolute Gasteiger partial charge is 0.247 e. The summed E-state index contributed by atoms with van der Waals surface area (Å²) >= 11 is 0. The molecule has 1 saturated carbocycles.